The molecule has 9 nitrogen and oxygen atoms in total. The molecule has 5 rings (SSSR count). The Balaban J connectivity index is 1.36. The predicted molar refractivity (Wildman–Crippen MR) is 146 cm³/mol. The molecule has 1 aliphatic rings. The Bertz CT molecular complexity index is 1590. The average molecular weight is 546 g/mol. The van der Waals surface area contributed by atoms with Crippen LogP contribution in [0.15, 0.2) is 48.9 Å². The van der Waals surface area contributed by atoms with E-state index in [0.717, 1.165) is 37.9 Å². The van der Waals surface area contributed by atoms with Gasteiger partial charge in [-0.1, -0.05) is 0 Å². The molecule has 1 aliphatic heterocycles. The number of nitrogens with one attached hydrogen (secondary N) is 1. The van der Waals surface area contributed by atoms with E-state index in [4.69, 9.17) is 15.7 Å². The Hall–Kier alpha value is -4.56. The van der Waals surface area contributed by atoms with Crippen LogP contribution in [0.4, 0.5) is 20.3 Å². The minimum absolute atomic E-state index is 0.0165. The second-order valence-electron chi connectivity index (χ2n) is 9.77. The van der Waals surface area contributed by atoms with Gasteiger partial charge in [0.1, 0.15) is 6.07 Å². The summed E-state index contributed by atoms with van der Waals surface area (Å²) in [6, 6.07) is 9.87. The number of benzene rings is 2. The number of rotatable bonds is 8. The molecule has 2 aromatic carbocycles. The highest BCUT2D eigenvalue weighted by Gasteiger charge is 2.24. The zero-order chi connectivity index (χ0) is 28.2. The highest BCUT2D eigenvalue weighted by Crippen LogP contribution is 2.32. The summed E-state index contributed by atoms with van der Waals surface area (Å²) in [5.74, 6) is -1.62. The third-order valence-corrected chi connectivity index (χ3v) is 7.24. The lowest BCUT2D eigenvalue weighted by molar-refractivity contribution is 0.0687. The molecule has 11 heteroatoms. The first kappa shape index (κ1) is 27.0. The topological polar surface area (TPSA) is 122 Å². The van der Waals surface area contributed by atoms with E-state index in [1.807, 2.05) is 24.0 Å². The number of amides is 1. The summed E-state index contributed by atoms with van der Waals surface area (Å²) < 4.78 is 36.0. The smallest absolute Gasteiger partial charge is 0.254 e. The largest absolute Gasteiger partial charge is 0.476 e. The van der Waals surface area contributed by atoms with Crippen molar-refractivity contribution < 1.29 is 18.3 Å². The van der Waals surface area contributed by atoms with Crippen molar-refractivity contribution in [1.29, 1.82) is 5.26 Å². The van der Waals surface area contributed by atoms with Crippen molar-refractivity contribution >= 4 is 23.1 Å². The Morgan fingerprint density at radius 1 is 1.20 bits per heavy atom. The number of halogens is 2. The van der Waals surface area contributed by atoms with Crippen LogP contribution in [-0.4, -0.2) is 51.4 Å². The molecule has 206 valence electrons. The van der Waals surface area contributed by atoms with E-state index in [-0.39, 0.29) is 17.2 Å². The monoisotopic (exact) mass is 545 g/mol. The number of likely N-dealkylation sites (tertiary alicyclic amines) is 1. The minimum atomic E-state index is -1.18. The van der Waals surface area contributed by atoms with Crippen molar-refractivity contribution in [3.8, 4) is 23.1 Å². The molecule has 0 bridgehead atoms. The molecule has 0 aliphatic carbocycles. The molecule has 0 spiro atoms. The number of nitrogens with two attached hydrogens (primary N) is 1. The average Bonchev–Trinajstić information content (AvgIpc) is 3.39. The molecule has 1 amide bonds. The second kappa shape index (κ2) is 11.7. The van der Waals surface area contributed by atoms with E-state index >= 15 is 0 Å². The quantitative estimate of drug-likeness (QED) is 0.325. The number of aryl methyl sites for hydroxylation is 1. The number of imidazole rings is 1. The molecular weight excluding hydrogens is 516 g/mol. The van der Waals surface area contributed by atoms with Crippen molar-refractivity contribution in [3.63, 3.8) is 0 Å². The third kappa shape index (κ3) is 5.31. The van der Waals surface area contributed by atoms with Gasteiger partial charge in [0.05, 0.1) is 11.9 Å². The Labute approximate surface area is 230 Å². The van der Waals surface area contributed by atoms with Gasteiger partial charge < -0.3 is 20.7 Å². The number of carbonyl (C=O) groups excluding carboxylic acids is 1. The summed E-state index contributed by atoms with van der Waals surface area (Å²) in [7, 11) is 0. The van der Waals surface area contributed by atoms with E-state index < -0.39 is 18.2 Å². The van der Waals surface area contributed by atoms with Gasteiger partial charge in [-0.3, -0.25) is 9.20 Å². The maximum absolute atomic E-state index is 14.9. The van der Waals surface area contributed by atoms with Crippen LogP contribution in [0.1, 0.15) is 35.2 Å². The summed E-state index contributed by atoms with van der Waals surface area (Å²) in [6.07, 6.45) is 7.50. The lowest BCUT2D eigenvalue weighted by atomic mass is 9.93. The number of nitrogens with zero attached hydrogens (tertiary/aromatic N) is 5. The maximum Gasteiger partial charge on any atom is 0.254 e. The molecular formula is C29H29F2N7O2. The fourth-order valence-electron chi connectivity index (χ4n) is 5.11. The van der Waals surface area contributed by atoms with Crippen LogP contribution in [-0.2, 0) is 0 Å². The fourth-order valence-corrected chi connectivity index (χ4v) is 5.11. The standard InChI is InChI=1S/C29H29F2N7O2/c1-18-16-20(2-3-21(18)29(39)37-12-7-19(6-9-32)8-13-37)36-27-28-35-17-23(38(28)14-11-34-27)22-4-5-24(40-15-10-33)26(31)25(22)30/h2-5,11,14,16-17,19H,6-9,12-13,15,32H2,1H3,(H,34,36). The van der Waals surface area contributed by atoms with Crippen LogP contribution in [0.25, 0.3) is 16.9 Å². The second-order valence-corrected chi connectivity index (χ2v) is 9.77. The molecule has 3 heterocycles. The van der Waals surface area contributed by atoms with Gasteiger partial charge in [-0.2, -0.15) is 9.65 Å². The molecule has 40 heavy (non-hydrogen) atoms. The molecule has 2 aromatic heterocycles. The van der Waals surface area contributed by atoms with E-state index in [9.17, 15) is 13.6 Å². The Kier molecular flexibility index (Phi) is 7.89. The normalized spacial score (nSPS) is 13.8. The Morgan fingerprint density at radius 2 is 2.00 bits per heavy atom. The molecule has 1 fully saturated rings. The predicted octanol–water partition coefficient (Wildman–Crippen LogP) is 4.83. The van der Waals surface area contributed by atoms with Gasteiger partial charge in [-0.25, -0.2) is 14.4 Å². The zero-order valence-electron chi connectivity index (χ0n) is 22.0. The number of hydrogen-bond acceptors (Lipinski definition) is 7. The first-order chi connectivity index (χ1) is 19.4. The van der Waals surface area contributed by atoms with Crippen LogP contribution in [0.3, 0.4) is 0 Å². The highest BCUT2D eigenvalue weighted by molar-refractivity contribution is 5.96. The summed E-state index contributed by atoms with van der Waals surface area (Å²) in [5.41, 5.74) is 8.57. The third-order valence-electron chi connectivity index (χ3n) is 7.24. The number of nitriles is 1. The van der Waals surface area contributed by atoms with Crippen LogP contribution in [0.2, 0.25) is 0 Å². The van der Waals surface area contributed by atoms with Crippen LogP contribution >= 0.6 is 0 Å². The first-order valence-electron chi connectivity index (χ1n) is 13.1. The van der Waals surface area contributed by atoms with Gasteiger partial charge in [0.2, 0.25) is 5.82 Å². The maximum atomic E-state index is 14.9. The van der Waals surface area contributed by atoms with Crippen LogP contribution < -0.4 is 15.8 Å². The van der Waals surface area contributed by atoms with Crippen molar-refractivity contribution in [1.82, 2.24) is 19.3 Å². The zero-order valence-corrected chi connectivity index (χ0v) is 22.0. The van der Waals surface area contributed by atoms with Crippen LogP contribution in [0, 0.1) is 35.8 Å². The highest BCUT2D eigenvalue weighted by atomic mass is 19.2. The van der Waals surface area contributed by atoms with E-state index in [1.54, 1.807) is 22.7 Å². The number of fused-ring (bicyclic) bond motifs is 1. The number of carbonyl (C=O) groups is 1. The Morgan fingerprint density at radius 3 is 2.73 bits per heavy atom. The minimum Gasteiger partial charge on any atom is -0.476 e. The SMILES string of the molecule is Cc1cc(Nc2nccn3c(-c4ccc(OCC#N)c(F)c4F)cnc23)ccc1C(=O)N1CCC(CCN)CC1. The van der Waals surface area contributed by atoms with Crippen molar-refractivity contribution in [2.24, 2.45) is 11.7 Å². The van der Waals surface area contributed by atoms with Crippen LogP contribution in [0.5, 0.6) is 5.75 Å². The van der Waals surface area contributed by atoms with Crippen molar-refractivity contribution in [3.05, 3.63) is 71.7 Å². The van der Waals surface area contributed by atoms with Gasteiger partial charge in [-0.05, 0) is 74.5 Å². The molecule has 0 radical (unpaired) electrons. The summed E-state index contributed by atoms with van der Waals surface area (Å²) in [6.45, 7) is 3.64. The van der Waals surface area contributed by atoms with Gasteiger partial charge in [0.15, 0.2) is 29.6 Å². The van der Waals surface area contributed by atoms with Gasteiger partial charge in [0, 0.05) is 42.3 Å². The number of anilines is 2. The van der Waals surface area contributed by atoms with Crippen molar-refractivity contribution in [2.45, 2.75) is 26.2 Å². The number of hydrogen-bond donors (Lipinski definition) is 2. The number of piperidine rings is 1. The number of ether oxygens (including phenoxy) is 1. The summed E-state index contributed by atoms with van der Waals surface area (Å²) >= 11 is 0. The van der Waals surface area contributed by atoms with E-state index in [0.29, 0.717) is 40.9 Å². The lowest BCUT2D eigenvalue weighted by Gasteiger charge is -2.32. The summed E-state index contributed by atoms with van der Waals surface area (Å²) in [4.78, 5) is 23.8. The molecule has 3 N–H and O–H groups in total. The lowest BCUT2D eigenvalue weighted by Crippen LogP contribution is -2.39. The molecule has 4 aromatic rings. The van der Waals surface area contributed by atoms with E-state index in [2.05, 4.69) is 15.3 Å². The molecule has 0 saturated carbocycles. The van der Waals surface area contributed by atoms with E-state index in [1.165, 1.54) is 24.5 Å². The van der Waals surface area contributed by atoms with Gasteiger partial charge in [-0.15, -0.1) is 0 Å². The molecule has 0 unspecified atom stereocenters. The fraction of sp³-hybridized carbons (Fsp3) is 0.310. The first-order valence-corrected chi connectivity index (χ1v) is 13.1. The molecule has 0 atom stereocenters. The number of aromatic nitrogens is 3. The summed E-state index contributed by atoms with van der Waals surface area (Å²) in [5, 5.41) is 11.9. The van der Waals surface area contributed by atoms with Gasteiger partial charge >= 0.3 is 0 Å². The van der Waals surface area contributed by atoms with Gasteiger partial charge in [0.25, 0.3) is 5.91 Å². The molecule has 1 saturated heterocycles. The van der Waals surface area contributed by atoms with Crippen molar-refractivity contribution in [2.75, 3.05) is 31.6 Å².